The maximum atomic E-state index is 14.4. The SMILES string of the molecule is C=CCNC(=O)C(=O)C(CCCC)NC(=O)[C@@H]1C2[C@H](CN1C(=O)[C@@H](NC(=O)NC1(CS(=O)(=O)C(C)(C)C)CCCCC1)C(C)(C)C)C2(Cl)Cl. The Balaban J connectivity index is 1.86. The van der Waals surface area contributed by atoms with Crippen molar-refractivity contribution in [1.82, 2.24) is 26.2 Å². The number of hydrogen-bond donors (Lipinski definition) is 4. The normalized spacial score (nSPS) is 24.1. The predicted octanol–water partition coefficient (Wildman–Crippen LogP) is 3.79. The average molecular weight is 749 g/mol. The minimum absolute atomic E-state index is 0.0472. The molecule has 1 saturated heterocycles. The summed E-state index contributed by atoms with van der Waals surface area (Å²) in [5, 5.41) is 10.9. The molecule has 3 fully saturated rings. The molecular weight excluding hydrogens is 693 g/mol. The van der Waals surface area contributed by atoms with E-state index in [4.69, 9.17) is 23.2 Å². The lowest BCUT2D eigenvalue weighted by Gasteiger charge is -2.41. The quantitative estimate of drug-likeness (QED) is 0.119. The van der Waals surface area contributed by atoms with Crippen molar-refractivity contribution in [2.45, 2.75) is 133 Å². The summed E-state index contributed by atoms with van der Waals surface area (Å²) in [4.78, 5) is 68.9. The molecule has 278 valence electrons. The topological polar surface area (TPSA) is 171 Å². The highest BCUT2D eigenvalue weighted by Crippen LogP contribution is 2.65. The number of nitrogens with zero attached hydrogens (tertiary/aromatic N) is 1. The second-order valence-electron chi connectivity index (χ2n) is 15.9. The van der Waals surface area contributed by atoms with Crippen LogP contribution in [0.15, 0.2) is 12.7 Å². The van der Waals surface area contributed by atoms with Gasteiger partial charge in [0.1, 0.15) is 16.4 Å². The van der Waals surface area contributed by atoms with E-state index in [1.54, 1.807) is 41.5 Å². The fraction of sp³-hybridized carbons (Fsp3) is 0.794. The van der Waals surface area contributed by atoms with Gasteiger partial charge in [-0.2, -0.15) is 0 Å². The summed E-state index contributed by atoms with van der Waals surface area (Å²) in [6, 6.07) is -4.09. The summed E-state index contributed by atoms with van der Waals surface area (Å²) in [5.74, 6) is -4.15. The number of nitrogens with one attached hydrogen (secondary N) is 4. The largest absolute Gasteiger partial charge is 0.346 e. The molecular formula is C34H55Cl2N5O7S. The number of alkyl halides is 2. The Morgan fingerprint density at radius 3 is 2.14 bits per heavy atom. The van der Waals surface area contributed by atoms with E-state index in [2.05, 4.69) is 27.8 Å². The van der Waals surface area contributed by atoms with Gasteiger partial charge >= 0.3 is 6.03 Å². The summed E-state index contributed by atoms with van der Waals surface area (Å²) in [5.41, 5.74) is -1.83. The van der Waals surface area contributed by atoms with E-state index in [0.29, 0.717) is 25.7 Å². The smallest absolute Gasteiger partial charge is 0.315 e. The van der Waals surface area contributed by atoms with Crippen molar-refractivity contribution in [2.75, 3.05) is 18.8 Å². The molecule has 5 amide bonds. The number of urea groups is 1. The van der Waals surface area contributed by atoms with Crippen LogP contribution in [0, 0.1) is 17.3 Å². The van der Waals surface area contributed by atoms with Crippen LogP contribution in [0.4, 0.5) is 4.79 Å². The van der Waals surface area contributed by atoms with Crippen LogP contribution < -0.4 is 21.3 Å². The van der Waals surface area contributed by atoms with E-state index in [1.807, 2.05) is 6.92 Å². The van der Waals surface area contributed by atoms with E-state index >= 15 is 0 Å². The molecule has 12 nitrogen and oxygen atoms in total. The van der Waals surface area contributed by atoms with Crippen LogP contribution in [0.1, 0.15) is 99.8 Å². The Morgan fingerprint density at radius 2 is 1.61 bits per heavy atom. The number of hydrogen-bond acceptors (Lipinski definition) is 7. The van der Waals surface area contributed by atoms with Gasteiger partial charge in [0.15, 0.2) is 9.84 Å². The van der Waals surface area contributed by atoms with Gasteiger partial charge in [-0.25, -0.2) is 13.2 Å². The fourth-order valence-corrected chi connectivity index (χ4v) is 9.16. The van der Waals surface area contributed by atoms with E-state index in [1.165, 1.54) is 11.0 Å². The summed E-state index contributed by atoms with van der Waals surface area (Å²) in [7, 11) is -3.59. The summed E-state index contributed by atoms with van der Waals surface area (Å²) >= 11 is 13.1. The molecule has 4 N–H and O–H groups in total. The molecule has 0 aromatic rings. The van der Waals surface area contributed by atoms with Crippen LogP contribution in [-0.2, 0) is 29.0 Å². The van der Waals surface area contributed by atoms with Crippen molar-refractivity contribution in [3.05, 3.63) is 12.7 Å². The zero-order valence-corrected chi connectivity index (χ0v) is 32.2. The van der Waals surface area contributed by atoms with E-state index in [9.17, 15) is 32.4 Å². The molecule has 1 aliphatic heterocycles. The van der Waals surface area contributed by atoms with Crippen LogP contribution in [0.5, 0.6) is 0 Å². The molecule has 5 atom stereocenters. The lowest BCUT2D eigenvalue weighted by Crippen LogP contribution is -2.64. The zero-order valence-electron chi connectivity index (χ0n) is 29.9. The van der Waals surface area contributed by atoms with Crippen LogP contribution in [0.3, 0.4) is 0 Å². The molecule has 0 aromatic carbocycles. The standard InChI is InChI=1S/C34H55Cl2N5O7S/c1-9-11-15-22(25(42)28(44)37-18-10-2)38-27(43)24-23-21(34(23,35)36)19-41(24)29(45)26(31(3,4)5)39-30(46)40-33(16-13-12-14-17-33)20-49(47,48)32(6,7)8/h10,21-24,26H,2,9,11-20H2,1,3-8H3,(H,37,44)(H,38,43)(H2,39,40,46)/t21-,22?,23?,24-,26+/m0/s1. The summed E-state index contributed by atoms with van der Waals surface area (Å²) < 4.78 is 24.3. The molecule has 3 aliphatic rings. The number of halogens is 2. The van der Waals surface area contributed by atoms with E-state index in [0.717, 1.165) is 19.3 Å². The molecule has 0 radical (unpaired) electrons. The Labute approximate surface area is 301 Å². The number of rotatable bonds is 14. The highest BCUT2D eigenvalue weighted by molar-refractivity contribution is 7.92. The number of unbranched alkanes of at least 4 members (excludes halogenated alkanes) is 1. The number of Topliss-reactive ketones (excluding diaryl/α,β-unsaturated/α-hetero) is 1. The van der Waals surface area contributed by atoms with Gasteiger partial charge in [0.2, 0.25) is 17.6 Å². The van der Waals surface area contributed by atoms with Gasteiger partial charge < -0.3 is 26.2 Å². The first-order valence-corrected chi connectivity index (χ1v) is 19.7. The van der Waals surface area contributed by atoms with Crippen LogP contribution in [0.25, 0.3) is 0 Å². The van der Waals surface area contributed by atoms with Gasteiger partial charge in [-0.05, 0) is 45.4 Å². The molecule has 3 rings (SSSR count). The number of sulfone groups is 1. The number of amides is 5. The van der Waals surface area contributed by atoms with E-state index in [-0.39, 0.29) is 25.3 Å². The first kappa shape index (κ1) is 41.0. The molecule has 2 aliphatic carbocycles. The average Bonchev–Trinajstić information content (AvgIpc) is 3.30. The lowest BCUT2D eigenvalue weighted by molar-refractivity contribution is -0.144. The lowest BCUT2D eigenvalue weighted by atomic mass is 9.83. The van der Waals surface area contributed by atoms with Crippen molar-refractivity contribution in [1.29, 1.82) is 0 Å². The van der Waals surface area contributed by atoms with Crippen LogP contribution in [0.2, 0.25) is 0 Å². The van der Waals surface area contributed by atoms with Crippen molar-refractivity contribution < 1.29 is 32.4 Å². The monoisotopic (exact) mass is 747 g/mol. The van der Waals surface area contributed by atoms with Crippen molar-refractivity contribution in [3.8, 4) is 0 Å². The van der Waals surface area contributed by atoms with Crippen molar-refractivity contribution in [2.24, 2.45) is 17.3 Å². The molecule has 0 aromatic heterocycles. The number of carbonyl (C=O) groups excluding carboxylic acids is 5. The van der Waals surface area contributed by atoms with Gasteiger partial charge in [0.05, 0.1) is 22.1 Å². The van der Waals surface area contributed by atoms with Gasteiger partial charge in [0.25, 0.3) is 5.91 Å². The number of fused-ring (bicyclic) bond motifs is 1. The van der Waals surface area contributed by atoms with Gasteiger partial charge in [-0.1, -0.05) is 65.9 Å². The molecule has 0 bridgehead atoms. The van der Waals surface area contributed by atoms with Crippen LogP contribution >= 0.6 is 23.2 Å². The van der Waals surface area contributed by atoms with Gasteiger partial charge in [-0.3, -0.25) is 19.2 Å². The molecule has 2 unspecified atom stereocenters. The second-order valence-corrected chi connectivity index (χ2v) is 20.1. The maximum absolute atomic E-state index is 14.4. The third-order valence-corrected chi connectivity index (χ3v) is 13.8. The highest BCUT2D eigenvalue weighted by atomic mass is 35.5. The number of ketones is 1. The third-order valence-electron chi connectivity index (χ3n) is 9.97. The molecule has 0 spiro atoms. The van der Waals surface area contributed by atoms with E-state index < -0.39 is 89.4 Å². The molecule has 15 heteroatoms. The first-order valence-electron chi connectivity index (χ1n) is 17.3. The number of carbonyl (C=O) groups is 5. The second kappa shape index (κ2) is 15.5. The summed E-state index contributed by atoms with van der Waals surface area (Å²) in [6.07, 6.45) is 6.32. The van der Waals surface area contributed by atoms with Crippen LogP contribution in [-0.4, -0.2) is 94.4 Å². The Morgan fingerprint density at radius 1 is 1.00 bits per heavy atom. The van der Waals surface area contributed by atoms with Gasteiger partial charge in [-0.15, -0.1) is 29.8 Å². The van der Waals surface area contributed by atoms with Crippen molar-refractivity contribution in [3.63, 3.8) is 0 Å². The first-order chi connectivity index (χ1) is 22.5. The van der Waals surface area contributed by atoms with Crippen molar-refractivity contribution >= 4 is 62.6 Å². The Hall–Kier alpha value is -2.38. The molecule has 49 heavy (non-hydrogen) atoms. The minimum Gasteiger partial charge on any atom is -0.346 e. The predicted molar refractivity (Wildman–Crippen MR) is 191 cm³/mol. The zero-order chi connectivity index (χ0) is 37.2. The van der Waals surface area contributed by atoms with Gasteiger partial charge in [0, 0.05) is 24.9 Å². The minimum atomic E-state index is -3.59. The highest BCUT2D eigenvalue weighted by Gasteiger charge is 2.74. The Kier molecular flexibility index (Phi) is 13.0. The number of piperidine rings is 1. The molecule has 1 heterocycles. The third kappa shape index (κ3) is 9.49. The Bertz CT molecular complexity index is 1400. The fourth-order valence-electron chi connectivity index (χ4n) is 6.81. The molecule has 2 saturated carbocycles. The number of likely N-dealkylation sites (tertiary alicyclic amines) is 1. The maximum Gasteiger partial charge on any atom is 0.315 e. The summed E-state index contributed by atoms with van der Waals surface area (Å²) in [6.45, 7) is 15.8.